The van der Waals surface area contributed by atoms with Gasteiger partial charge in [0.2, 0.25) is 0 Å². The van der Waals surface area contributed by atoms with E-state index in [4.69, 9.17) is 4.74 Å². The lowest BCUT2D eigenvalue weighted by Crippen LogP contribution is -2.27. The van der Waals surface area contributed by atoms with Crippen molar-refractivity contribution in [2.24, 2.45) is 0 Å². The number of carbonyl (C=O) groups excluding carboxylic acids is 2. The normalized spacial score (nSPS) is 11.0. The molecule has 0 bridgehead atoms. The average molecular weight is 366 g/mol. The monoisotopic (exact) mass is 366 g/mol. The fraction of sp³-hybridized carbons (Fsp3) is 0.222. The van der Waals surface area contributed by atoms with Crippen molar-refractivity contribution < 1.29 is 27.5 Å². The number of carbonyl (C=O) groups is 2. The van der Waals surface area contributed by atoms with E-state index in [2.05, 4.69) is 10.6 Å². The van der Waals surface area contributed by atoms with E-state index in [1.165, 1.54) is 12.1 Å². The summed E-state index contributed by atoms with van der Waals surface area (Å²) in [7, 11) is 0. The molecule has 0 saturated carbocycles. The molecule has 8 heteroatoms. The summed E-state index contributed by atoms with van der Waals surface area (Å²) in [5, 5.41) is 4.65. The Balaban J connectivity index is 2.15. The summed E-state index contributed by atoms with van der Waals surface area (Å²) in [6.07, 6.45) is -0.748. The van der Waals surface area contributed by atoms with Crippen LogP contribution in [0.4, 0.5) is 29.3 Å². The fourth-order valence-corrected chi connectivity index (χ4v) is 1.95. The van der Waals surface area contributed by atoms with Gasteiger partial charge < -0.3 is 10.1 Å². The van der Waals surface area contributed by atoms with Gasteiger partial charge in [-0.05, 0) is 57.2 Å². The maximum absolute atomic E-state index is 13.9. The molecule has 5 nitrogen and oxygen atoms in total. The number of anilines is 2. The number of ether oxygens (including phenoxy) is 1. The summed E-state index contributed by atoms with van der Waals surface area (Å²) in [6, 6.07) is 6.05. The molecule has 0 aliphatic rings. The molecule has 0 atom stereocenters. The Bertz CT molecular complexity index is 848. The summed E-state index contributed by atoms with van der Waals surface area (Å²) in [5.41, 5.74) is -0.961. The maximum atomic E-state index is 13.9. The summed E-state index contributed by atoms with van der Waals surface area (Å²) < 4.78 is 45.1. The third-order valence-electron chi connectivity index (χ3n) is 3.04. The van der Waals surface area contributed by atoms with E-state index in [1.807, 2.05) is 0 Å². The first-order valence-electron chi connectivity index (χ1n) is 7.61. The van der Waals surface area contributed by atoms with Crippen LogP contribution in [0.1, 0.15) is 31.1 Å². The molecule has 0 heterocycles. The largest absolute Gasteiger partial charge is 0.444 e. The Morgan fingerprint density at radius 2 is 1.54 bits per heavy atom. The molecule has 2 N–H and O–H groups in total. The Labute approximate surface area is 148 Å². The molecule has 2 rings (SSSR count). The van der Waals surface area contributed by atoms with Crippen LogP contribution < -0.4 is 10.6 Å². The molecule has 26 heavy (non-hydrogen) atoms. The van der Waals surface area contributed by atoms with Crippen LogP contribution in [0.5, 0.6) is 0 Å². The molecule has 0 spiro atoms. The maximum Gasteiger partial charge on any atom is 0.412 e. The SMILES string of the molecule is CC(C)(C)OC(=O)Nc1ccc(F)c(NC(=O)c2ccc(F)c(F)c2)c1. The molecule has 0 aliphatic carbocycles. The van der Waals surface area contributed by atoms with E-state index in [9.17, 15) is 22.8 Å². The highest BCUT2D eigenvalue weighted by Gasteiger charge is 2.17. The van der Waals surface area contributed by atoms with E-state index in [0.717, 1.165) is 18.2 Å². The standard InChI is InChI=1S/C18H17F3N2O3/c1-18(2,3)26-17(25)22-11-5-7-13(20)15(9-11)23-16(24)10-4-6-12(19)14(21)8-10/h4-9H,1-3H3,(H,22,25)(H,23,24). The first-order chi connectivity index (χ1) is 12.0. The van der Waals surface area contributed by atoms with Crippen molar-refractivity contribution in [2.45, 2.75) is 26.4 Å². The highest BCUT2D eigenvalue weighted by molar-refractivity contribution is 6.04. The molecule has 2 amide bonds. The second-order valence-electron chi connectivity index (χ2n) is 6.40. The molecule has 2 aromatic rings. The van der Waals surface area contributed by atoms with E-state index in [0.29, 0.717) is 6.07 Å². The highest BCUT2D eigenvalue weighted by atomic mass is 19.2. The molecular weight excluding hydrogens is 349 g/mol. The Morgan fingerprint density at radius 3 is 2.15 bits per heavy atom. The third kappa shape index (κ3) is 5.23. The van der Waals surface area contributed by atoms with E-state index < -0.39 is 35.1 Å². The van der Waals surface area contributed by atoms with E-state index in [-0.39, 0.29) is 16.9 Å². The van der Waals surface area contributed by atoms with Crippen molar-refractivity contribution >= 4 is 23.4 Å². The van der Waals surface area contributed by atoms with Gasteiger partial charge in [-0.25, -0.2) is 18.0 Å². The Hall–Kier alpha value is -3.03. The molecule has 0 aliphatic heterocycles. The van der Waals surface area contributed by atoms with Crippen molar-refractivity contribution in [3.8, 4) is 0 Å². The number of benzene rings is 2. The number of rotatable bonds is 3. The van der Waals surface area contributed by atoms with Crippen molar-refractivity contribution in [3.63, 3.8) is 0 Å². The van der Waals surface area contributed by atoms with Crippen molar-refractivity contribution in [3.05, 3.63) is 59.4 Å². The lowest BCUT2D eigenvalue weighted by atomic mass is 10.2. The summed E-state index contributed by atoms with van der Waals surface area (Å²) in [5.74, 6) is -3.90. The minimum atomic E-state index is -1.20. The van der Waals surface area contributed by atoms with Gasteiger partial charge in [0.05, 0.1) is 5.69 Å². The molecule has 0 unspecified atom stereocenters. The van der Waals surface area contributed by atoms with Crippen LogP contribution in [-0.4, -0.2) is 17.6 Å². The quantitative estimate of drug-likeness (QED) is 0.827. The Morgan fingerprint density at radius 1 is 0.885 bits per heavy atom. The lowest BCUT2D eigenvalue weighted by molar-refractivity contribution is 0.0635. The van der Waals surface area contributed by atoms with E-state index in [1.54, 1.807) is 20.8 Å². The van der Waals surface area contributed by atoms with Crippen LogP contribution in [-0.2, 0) is 4.74 Å². The minimum absolute atomic E-state index is 0.182. The average Bonchev–Trinajstić information content (AvgIpc) is 2.51. The van der Waals surface area contributed by atoms with Crippen molar-refractivity contribution in [1.82, 2.24) is 0 Å². The van der Waals surface area contributed by atoms with Gasteiger partial charge in [0.25, 0.3) is 5.91 Å². The van der Waals surface area contributed by atoms with Crippen molar-refractivity contribution in [2.75, 3.05) is 10.6 Å². The van der Waals surface area contributed by atoms with Crippen LogP contribution in [0.2, 0.25) is 0 Å². The predicted molar refractivity (Wildman–Crippen MR) is 90.6 cm³/mol. The van der Waals surface area contributed by atoms with Gasteiger partial charge in [-0.1, -0.05) is 0 Å². The molecule has 0 fully saturated rings. The molecular formula is C18H17F3N2O3. The Kier molecular flexibility index (Phi) is 5.54. The second kappa shape index (κ2) is 7.47. The zero-order valence-electron chi connectivity index (χ0n) is 14.3. The predicted octanol–water partition coefficient (Wildman–Crippen LogP) is 4.70. The lowest BCUT2D eigenvalue weighted by Gasteiger charge is -2.19. The van der Waals surface area contributed by atoms with Gasteiger partial charge in [0, 0.05) is 11.3 Å². The topological polar surface area (TPSA) is 67.4 Å². The number of amides is 2. The molecule has 0 radical (unpaired) electrons. The van der Waals surface area contributed by atoms with Gasteiger partial charge in [0.15, 0.2) is 11.6 Å². The number of hydrogen-bond acceptors (Lipinski definition) is 3. The van der Waals surface area contributed by atoms with Crippen LogP contribution in [0.25, 0.3) is 0 Å². The third-order valence-corrected chi connectivity index (χ3v) is 3.04. The van der Waals surface area contributed by atoms with Crippen molar-refractivity contribution in [1.29, 1.82) is 0 Å². The zero-order valence-corrected chi connectivity index (χ0v) is 14.3. The van der Waals surface area contributed by atoms with Crippen LogP contribution in [0.15, 0.2) is 36.4 Å². The van der Waals surface area contributed by atoms with Crippen LogP contribution in [0, 0.1) is 17.5 Å². The molecule has 0 aromatic heterocycles. The van der Waals surface area contributed by atoms with Gasteiger partial charge in [-0.2, -0.15) is 0 Å². The summed E-state index contributed by atoms with van der Waals surface area (Å²) in [4.78, 5) is 23.8. The summed E-state index contributed by atoms with van der Waals surface area (Å²) in [6.45, 7) is 5.06. The molecule has 138 valence electrons. The number of hydrogen-bond donors (Lipinski definition) is 2. The van der Waals surface area contributed by atoms with Gasteiger partial charge in [-0.15, -0.1) is 0 Å². The fourth-order valence-electron chi connectivity index (χ4n) is 1.95. The van der Waals surface area contributed by atoms with Crippen LogP contribution in [0.3, 0.4) is 0 Å². The molecule has 2 aromatic carbocycles. The van der Waals surface area contributed by atoms with Gasteiger partial charge >= 0.3 is 6.09 Å². The first kappa shape index (κ1) is 19.3. The van der Waals surface area contributed by atoms with Crippen LogP contribution >= 0.6 is 0 Å². The van der Waals surface area contributed by atoms with E-state index >= 15 is 0 Å². The smallest absolute Gasteiger partial charge is 0.412 e. The first-order valence-corrected chi connectivity index (χ1v) is 7.61. The molecule has 0 saturated heterocycles. The number of halogens is 3. The van der Waals surface area contributed by atoms with Gasteiger partial charge in [-0.3, -0.25) is 10.1 Å². The van der Waals surface area contributed by atoms with Gasteiger partial charge in [0.1, 0.15) is 11.4 Å². The summed E-state index contributed by atoms with van der Waals surface area (Å²) >= 11 is 0. The highest BCUT2D eigenvalue weighted by Crippen LogP contribution is 2.21. The minimum Gasteiger partial charge on any atom is -0.444 e. The zero-order chi connectivity index (χ0) is 19.5. The second-order valence-corrected chi connectivity index (χ2v) is 6.40. The number of nitrogens with one attached hydrogen (secondary N) is 2.